The highest BCUT2D eigenvalue weighted by Gasteiger charge is 2.46. The zero-order valence-electron chi connectivity index (χ0n) is 19.0. The fourth-order valence-corrected chi connectivity index (χ4v) is 4.07. The van der Waals surface area contributed by atoms with Crippen LogP contribution in [0.2, 0.25) is 0 Å². The minimum atomic E-state index is -0.846. The van der Waals surface area contributed by atoms with Crippen LogP contribution in [0.5, 0.6) is 11.5 Å². The van der Waals surface area contributed by atoms with Gasteiger partial charge in [0.1, 0.15) is 17.3 Å². The summed E-state index contributed by atoms with van der Waals surface area (Å²) in [5, 5.41) is 21.4. The lowest BCUT2D eigenvalue weighted by Crippen LogP contribution is -2.32. The topological polar surface area (TPSA) is 96.3 Å². The number of hydrogen-bond acceptors (Lipinski definition) is 6. The standard InChI is InChI=1S/C25H29NO6/c1-14(2)18-13-19(15(3)11-20(18)32-5)23(28)21-22(16-7-6-8-17(27)12-16)26(9-10-31-4)25(30)24(21)29/h6-8,11-14,22,27-28H,9-10H2,1-5H3/b23-21+. The number of carbonyl (C=O) groups is 2. The highest BCUT2D eigenvalue weighted by molar-refractivity contribution is 6.46. The smallest absolute Gasteiger partial charge is 0.295 e. The Morgan fingerprint density at radius 3 is 2.47 bits per heavy atom. The van der Waals surface area contributed by atoms with Crippen LogP contribution in [-0.4, -0.2) is 54.2 Å². The molecule has 0 aromatic heterocycles. The molecule has 2 aromatic rings. The monoisotopic (exact) mass is 439 g/mol. The lowest BCUT2D eigenvalue weighted by Gasteiger charge is -2.25. The van der Waals surface area contributed by atoms with Crippen LogP contribution in [0, 0.1) is 6.92 Å². The van der Waals surface area contributed by atoms with Gasteiger partial charge in [-0.15, -0.1) is 0 Å². The van der Waals surface area contributed by atoms with Gasteiger partial charge in [-0.25, -0.2) is 0 Å². The Morgan fingerprint density at radius 1 is 1.16 bits per heavy atom. The first-order chi connectivity index (χ1) is 15.2. The lowest BCUT2D eigenvalue weighted by molar-refractivity contribution is -0.140. The Balaban J connectivity index is 2.25. The third-order valence-electron chi connectivity index (χ3n) is 5.72. The molecule has 1 aliphatic heterocycles. The number of aliphatic hydroxyl groups is 1. The van der Waals surface area contributed by atoms with Crippen molar-refractivity contribution in [2.45, 2.75) is 32.7 Å². The summed E-state index contributed by atoms with van der Waals surface area (Å²) in [5.74, 6) is -0.927. The number of amides is 1. The van der Waals surface area contributed by atoms with Crippen LogP contribution in [0.1, 0.15) is 48.1 Å². The molecule has 0 saturated carbocycles. The molecule has 0 radical (unpaired) electrons. The zero-order valence-corrected chi connectivity index (χ0v) is 19.0. The fourth-order valence-electron chi connectivity index (χ4n) is 4.07. The molecule has 0 aliphatic carbocycles. The molecule has 2 aromatic carbocycles. The van der Waals surface area contributed by atoms with Crippen LogP contribution in [-0.2, 0) is 14.3 Å². The molecule has 1 fully saturated rings. The number of nitrogens with zero attached hydrogens (tertiary/aromatic N) is 1. The van der Waals surface area contributed by atoms with Crippen molar-refractivity contribution in [2.24, 2.45) is 0 Å². The fraction of sp³-hybridized carbons (Fsp3) is 0.360. The highest BCUT2D eigenvalue weighted by atomic mass is 16.5. The summed E-state index contributed by atoms with van der Waals surface area (Å²) in [6.45, 7) is 6.21. The number of likely N-dealkylation sites (tertiary alicyclic amines) is 1. The van der Waals surface area contributed by atoms with Crippen molar-refractivity contribution in [1.29, 1.82) is 0 Å². The molecule has 1 atom stereocenters. The van der Waals surface area contributed by atoms with Crippen molar-refractivity contribution in [2.75, 3.05) is 27.4 Å². The maximum atomic E-state index is 13.1. The third kappa shape index (κ3) is 4.21. The molecular weight excluding hydrogens is 410 g/mol. The van der Waals surface area contributed by atoms with E-state index in [4.69, 9.17) is 9.47 Å². The Bertz CT molecular complexity index is 1070. The first kappa shape index (κ1) is 23.3. The number of aliphatic hydroxyl groups excluding tert-OH is 1. The summed E-state index contributed by atoms with van der Waals surface area (Å²) in [7, 11) is 3.09. The normalized spacial score (nSPS) is 17.9. The molecular formula is C25H29NO6. The van der Waals surface area contributed by atoms with E-state index in [0.717, 1.165) is 5.56 Å². The first-order valence-corrected chi connectivity index (χ1v) is 10.5. The van der Waals surface area contributed by atoms with Crippen molar-refractivity contribution in [3.8, 4) is 11.5 Å². The number of carbonyl (C=O) groups excluding carboxylic acids is 2. The SMILES string of the molecule is COCCN1C(=O)C(=O)/C(=C(/O)c2cc(C(C)C)c(OC)cc2C)C1c1cccc(O)c1. The van der Waals surface area contributed by atoms with E-state index in [2.05, 4.69) is 0 Å². The number of ether oxygens (including phenoxy) is 2. The second-order valence-corrected chi connectivity index (χ2v) is 8.14. The Morgan fingerprint density at radius 2 is 1.88 bits per heavy atom. The van der Waals surface area contributed by atoms with Gasteiger partial charge in [0, 0.05) is 19.2 Å². The maximum Gasteiger partial charge on any atom is 0.295 e. The van der Waals surface area contributed by atoms with Gasteiger partial charge in [0.2, 0.25) is 0 Å². The zero-order chi connectivity index (χ0) is 23.6. The second-order valence-electron chi connectivity index (χ2n) is 8.14. The van der Waals surface area contributed by atoms with Gasteiger partial charge in [0.25, 0.3) is 11.7 Å². The molecule has 1 amide bonds. The number of rotatable bonds is 7. The molecule has 0 bridgehead atoms. The lowest BCUT2D eigenvalue weighted by atomic mass is 9.91. The van der Waals surface area contributed by atoms with Crippen molar-refractivity contribution in [1.82, 2.24) is 4.90 Å². The number of aryl methyl sites for hydroxylation is 1. The van der Waals surface area contributed by atoms with E-state index in [0.29, 0.717) is 22.4 Å². The number of phenolic OH excluding ortho intramolecular Hbond substituents is 1. The van der Waals surface area contributed by atoms with Crippen LogP contribution < -0.4 is 4.74 Å². The molecule has 7 nitrogen and oxygen atoms in total. The predicted molar refractivity (Wildman–Crippen MR) is 121 cm³/mol. The largest absolute Gasteiger partial charge is 0.508 e. The van der Waals surface area contributed by atoms with Crippen LogP contribution in [0.4, 0.5) is 0 Å². The van der Waals surface area contributed by atoms with Gasteiger partial charge < -0.3 is 24.6 Å². The van der Waals surface area contributed by atoms with E-state index in [1.54, 1.807) is 25.3 Å². The third-order valence-corrected chi connectivity index (χ3v) is 5.72. The van der Waals surface area contributed by atoms with Crippen LogP contribution in [0.25, 0.3) is 5.76 Å². The van der Waals surface area contributed by atoms with E-state index >= 15 is 0 Å². The van der Waals surface area contributed by atoms with Gasteiger partial charge in [0.05, 0.1) is 25.3 Å². The maximum absolute atomic E-state index is 13.1. The summed E-state index contributed by atoms with van der Waals surface area (Å²) in [4.78, 5) is 27.3. The van der Waals surface area contributed by atoms with Crippen LogP contribution in [0.15, 0.2) is 42.0 Å². The average molecular weight is 440 g/mol. The van der Waals surface area contributed by atoms with E-state index in [-0.39, 0.29) is 36.2 Å². The summed E-state index contributed by atoms with van der Waals surface area (Å²) in [6, 6.07) is 9.12. The van der Waals surface area contributed by atoms with E-state index in [1.165, 1.54) is 24.1 Å². The Labute approximate surface area is 187 Å². The molecule has 170 valence electrons. The minimum Gasteiger partial charge on any atom is -0.508 e. The van der Waals surface area contributed by atoms with Gasteiger partial charge in [-0.1, -0.05) is 26.0 Å². The van der Waals surface area contributed by atoms with Gasteiger partial charge in [-0.2, -0.15) is 0 Å². The molecule has 32 heavy (non-hydrogen) atoms. The summed E-state index contributed by atoms with van der Waals surface area (Å²) < 4.78 is 10.6. The van der Waals surface area contributed by atoms with Crippen molar-refractivity contribution >= 4 is 17.4 Å². The molecule has 0 spiro atoms. The van der Waals surface area contributed by atoms with Crippen molar-refractivity contribution < 1.29 is 29.3 Å². The van der Waals surface area contributed by atoms with E-state index in [9.17, 15) is 19.8 Å². The Hall–Kier alpha value is -3.32. The highest BCUT2D eigenvalue weighted by Crippen LogP contribution is 2.41. The average Bonchev–Trinajstić information content (AvgIpc) is 3.01. The number of benzene rings is 2. The number of Topliss-reactive ketones (excluding diaryl/α,β-unsaturated/α-hetero) is 1. The molecule has 1 aliphatic rings. The van der Waals surface area contributed by atoms with Gasteiger partial charge in [-0.3, -0.25) is 9.59 Å². The predicted octanol–water partition coefficient (Wildman–Crippen LogP) is 3.90. The molecule has 1 heterocycles. The van der Waals surface area contributed by atoms with Crippen LogP contribution >= 0.6 is 0 Å². The number of phenols is 1. The van der Waals surface area contributed by atoms with Gasteiger partial charge in [-0.05, 0) is 53.8 Å². The summed E-state index contributed by atoms with van der Waals surface area (Å²) >= 11 is 0. The molecule has 2 N–H and O–H groups in total. The van der Waals surface area contributed by atoms with Crippen molar-refractivity contribution in [3.63, 3.8) is 0 Å². The van der Waals surface area contributed by atoms with E-state index in [1.807, 2.05) is 26.8 Å². The molecule has 7 heteroatoms. The summed E-state index contributed by atoms with van der Waals surface area (Å²) in [5.41, 5.74) is 2.56. The number of aromatic hydroxyl groups is 1. The quantitative estimate of drug-likeness (QED) is 0.386. The number of ketones is 1. The van der Waals surface area contributed by atoms with Gasteiger partial charge in [0.15, 0.2) is 0 Å². The first-order valence-electron chi connectivity index (χ1n) is 10.5. The van der Waals surface area contributed by atoms with E-state index < -0.39 is 17.7 Å². The molecule has 1 unspecified atom stereocenters. The summed E-state index contributed by atoms with van der Waals surface area (Å²) in [6.07, 6.45) is 0. The minimum absolute atomic E-state index is 0.00236. The second kappa shape index (κ2) is 9.44. The Kier molecular flexibility index (Phi) is 6.89. The van der Waals surface area contributed by atoms with Gasteiger partial charge >= 0.3 is 0 Å². The number of hydrogen-bond donors (Lipinski definition) is 2. The van der Waals surface area contributed by atoms with Crippen molar-refractivity contribution in [3.05, 3.63) is 64.2 Å². The molecule has 1 saturated heterocycles. The van der Waals surface area contributed by atoms with Crippen LogP contribution in [0.3, 0.4) is 0 Å². The molecule has 3 rings (SSSR count). The number of methoxy groups -OCH3 is 2.